The molecule has 1 heterocycles. The quantitative estimate of drug-likeness (QED) is 0.451. The second-order valence-electron chi connectivity index (χ2n) is 3.30. The molecule has 1 aromatic rings. The molecule has 0 unspecified atom stereocenters. The highest BCUT2D eigenvalue weighted by atomic mass is 32.2. The zero-order valence-corrected chi connectivity index (χ0v) is 9.84. The van der Waals surface area contributed by atoms with Crippen LogP contribution < -0.4 is 11.3 Å². The van der Waals surface area contributed by atoms with Gasteiger partial charge >= 0.3 is 5.97 Å². The van der Waals surface area contributed by atoms with Crippen LogP contribution in [0.15, 0.2) is 16.0 Å². The molecule has 0 bridgehead atoms. The standard InChI is InChI=1S/C9H13N3O3S/c1-5(2)15-8(14)4-16-9-11-6(10)3-7(13)12-9/h3,5H,4H2,1-2H3,(H3,10,11,12,13). The summed E-state index contributed by atoms with van der Waals surface area (Å²) in [6, 6.07) is 1.18. The maximum absolute atomic E-state index is 11.2. The molecule has 0 aliphatic heterocycles. The number of thioether (sulfide) groups is 1. The summed E-state index contributed by atoms with van der Waals surface area (Å²) in [5.74, 6) is -0.140. The Labute approximate surface area is 96.6 Å². The number of carbonyl (C=O) groups is 1. The van der Waals surface area contributed by atoms with Crippen LogP contribution in [-0.2, 0) is 9.53 Å². The molecule has 3 N–H and O–H groups in total. The van der Waals surface area contributed by atoms with Crippen molar-refractivity contribution in [3.63, 3.8) is 0 Å². The Morgan fingerprint density at radius 2 is 2.38 bits per heavy atom. The van der Waals surface area contributed by atoms with Gasteiger partial charge in [-0.25, -0.2) is 4.98 Å². The van der Waals surface area contributed by atoms with Gasteiger partial charge in [0.1, 0.15) is 5.82 Å². The van der Waals surface area contributed by atoms with Gasteiger partial charge in [-0.2, -0.15) is 0 Å². The van der Waals surface area contributed by atoms with E-state index in [1.54, 1.807) is 13.8 Å². The van der Waals surface area contributed by atoms with Crippen molar-refractivity contribution in [2.24, 2.45) is 0 Å². The zero-order valence-electron chi connectivity index (χ0n) is 9.02. The van der Waals surface area contributed by atoms with E-state index in [2.05, 4.69) is 9.97 Å². The summed E-state index contributed by atoms with van der Waals surface area (Å²) in [6.45, 7) is 3.53. The van der Waals surface area contributed by atoms with Gasteiger partial charge in [0.2, 0.25) is 0 Å². The maximum atomic E-state index is 11.2. The van der Waals surface area contributed by atoms with E-state index >= 15 is 0 Å². The maximum Gasteiger partial charge on any atom is 0.316 e. The van der Waals surface area contributed by atoms with E-state index in [1.807, 2.05) is 0 Å². The van der Waals surface area contributed by atoms with E-state index in [4.69, 9.17) is 10.5 Å². The molecule has 0 aromatic carbocycles. The fourth-order valence-electron chi connectivity index (χ4n) is 0.946. The summed E-state index contributed by atoms with van der Waals surface area (Å²) in [4.78, 5) is 28.6. The normalized spacial score (nSPS) is 10.4. The highest BCUT2D eigenvalue weighted by Crippen LogP contribution is 2.12. The van der Waals surface area contributed by atoms with E-state index in [1.165, 1.54) is 6.07 Å². The summed E-state index contributed by atoms with van der Waals surface area (Å²) in [7, 11) is 0. The van der Waals surface area contributed by atoms with Gasteiger partial charge in [-0.3, -0.25) is 9.59 Å². The number of hydrogen-bond acceptors (Lipinski definition) is 6. The Bertz CT molecular complexity index is 430. The zero-order chi connectivity index (χ0) is 12.1. The highest BCUT2D eigenvalue weighted by Gasteiger charge is 2.08. The van der Waals surface area contributed by atoms with Gasteiger partial charge in [0.05, 0.1) is 11.9 Å². The van der Waals surface area contributed by atoms with Crippen LogP contribution >= 0.6 is 11.8 Å². The molecule has 88 valence electrons. The van der Waals surface area contributed by atoms with E-state index in [-0.39, 0.29) is 29.2 Å². The van der Waals surface area contributed by atoms with E-state index in [0.29, 0.717) is 5.16 Å². The number of rotatable bonds is 4. The monoisotopic (exact) mass is 243 g/mol. The molecule has 0 saturated carbocycles. The van der Waals surface area contributed by atoms with Crippen molar-refractivity contribution < 1.29 is 9.53 Å². The van der Waals surface area contributed by atoms with Crippen LogP contribution in [-0.4, -0.2) is 27.8 Å². The second-order valence-corrected chi connectivity index (χ2v) is 4.27. The predicted octanol–water partition coefficient (Wildman–Crippen LogP) is 0.396. The SMILES string of the molecule is CC(C)OC(=O)CSc1nc(N)cc(=O)[nH]1. The summed E-state index contributed by atoms with van der Waals surface area (Å²) in [5.41, 5.74) is 5.05. The first-order valence-electron chi connectivity index (χ1n) is 4.66. The van der Waals surface area contributed by atoms with Gasteiger partial charge in [0, 0.05) is 6.07 Å². The number of nitrogens with one attached hydrogen (secondary N) is 1. The minimum absolute atomic E-state index is 0.0879. The van der Waals surface area contributed by atoms with Crippen LogP contribution in [0.5, 0.6) is 0 Å². The minimum atomic E-state index is -0.356. The number of ether oxygens (including phenoxy) is 1. The Morgan fingerprint density at radius 1 is 1.69 bits per heavy atom. The summed E-state index contributed by atoms with van der Waals surface area (Å²) < 4.78 is 4.92. The molecular formula is C9H13N3O3S. The second kappa shape index (κ2) is 5.55. The fourth-order valence-corrected chi connectivity index (χ4v) is 1.61. The van der Waals surface area contributed by atoms with Crippen molar-refractivity contribution in [3.05, 3.63) is 16.4 Å². The van der Waals surface area contributed by atoms with Crippen LogP contribution in [0.1, 0.15) is 13.8 Å². The first-order valence-corrected chi connectivity index (χ1v) is 5.65. The Balaban J connectivity index is 2.54. The van der Waals surface area contributed by atoms with E-state index in [9.17, 15) is 9.59 Å². The van der Waals surface area contributed by atoms with Crippen LogP contribution in [0, 0.1) is 0 Å². The molecule has 1 aromatic heterocycles. The van der Waals surface area contributed by atoms with Gasteiger partial charge in [-0.15, -0.1) is 0 Å². The Kier molecular flexibility index (Phi) is 4.36. The van der Waals surface area contributed by atoms with Crippen molar-refractivity contribution in [1.82, 2.24) is 9.97 Å². The number of nitrogens with two attached hydrogens (primary N) is 1. The lowest BCUT2D eigenvalue weighted by Crippen LogP contribution is -2.14. The van der Waals surface area contributed by atoms with Crippen molar-refractivity contribution in [3.8, 4) is 0 Å². The average Bonchev–Trinajstić information content (AvgIpc) is 2.12. The van der Waals surface area contributed by atoms with Crippen LogP contribution in [0.25, 0.3) is 0 Å². The summed E-state index contributed by atoms with van der Waals surface area (Å²) in [6.07, 6.45) is -0.152. The minimum Gasteiger partial charge on any atom is -0.462 e. The summed E-state index contributed by atoms with van der Waals surface area (Å²) >= 11 is 1.08. The number of aromatic amines is 1. The van der Waals surface area contributed by atoms with Gasteiger partial charge in [0.15, 0.2) is 5.16 Å². The lowest BCUT2D eigenvalue weighted by molar-refractivity contribution is -0.144. The van der Waals surface area contributed by atoms with Crippen LogP contribution in [0.4, 0.5) is 5.82 Å². The average molecular weight is 243 g/mol. The third kappa shape index (κ3) is 4.35. The van der Waals surface area contributed by atoms with Gasteiger partial charge < -0.3 is 15.5 Å². The molecular weight excluding hydrogens is 230 g/mol. The number of H-pyrrole nitrogens is 1. The molecule has 0 fully saturated rings. The molecule has 0 aliphatic rings. The van der Waals surface area contributed by atoms with Crippen molar-refractivity contribution >= 4 is 23.5 Å². The number of nitrogens with zero attached hydrogens (tertiary/aromatic N) is 1. The number of aromatic nitrogens is 2. The summed E-state index contributed by atoms with van der Waals surface area (Å²) in [5, 5.41) is 0.311. The van der Waals surface area contributed by atoms with Crippen LogP contribution in [0.3, 0.4) is 0 Å². The fraction of sp³-hybridized carbons (Fsp3) is 0.444. The smallest absolute Gasteiger partial charge is 0.316 e. The molecule has 16 heavy (non-hydrogen) atoms. The largest absolute Gasteiger partial charge is 0.462 e. The first-order chi connectivity index (χ1) is 7.47. The molecule has 0 aliphatic carbocycles. The molecule has 0 radical (unpaired) electrons. The third-order valence-corrected chi connectivity index (χ3v) is 2.28. The topological polar surface area (TPSA) is 98.1 Å². The number of anilines is 1. The first kappa shape index (κ1) is 12.6. The molecule has 1 rings (SSSR count). The Morgan fingerprint density at radius 3 is 2.94 bits per heavy atom. The number of esters is 1. The molecule has 6 nitrogen and oxygen atoms in total. The van der Waals surface area contributed by atoms with Crippen molar-refractivity contribution in [2.75, 3.05) is 11.5 Å². The highest BCUT2D eigenvalue weighted by molar-refractivity contribution is 7.99. The number of nitrogen functional groups attached to an aromatic ring is 1. The number of carbonyl (C=O) groups excluding carboxylic acids is 1. The molecule has 0 spiro atoms. The third-order valence-electron chi connectivity index (χ3n) is 1.43. The van der Waals surface area contributed by atoms with E-state index in [0.717, 1.165) is 11.8 Å². The lowest BCUT2D eigenvalue weighted by atomic mass is 10.5. The molecule has 0 atom stereocenters. The Hall–Kier alpha value is -1.50. The number of hydrogen-bond donors (Lipinski definition) is 2. The van der Waals surface area contributed by atoms with Crippen LogP contribution in [0.2, 0.25) is 0 Å². The lowest BCUT2D eigenvalue weighted by Gasteiger charge is -2.06. The van der Waals surface area contributed by atoms with E-state index < -0.39 is 0 Å². The molecule has 0 saturated heterocycles. The molecule has 7 heteroatoms. The van der Waals surface area contributed by atoms with Gasteiger partial charge in [-0.05, 0) is 13.8 Å². The molecule has 0 amide bonds. The van der Waals surface area contributed by atoms with Gasteiger partial charge in [-0.1, -0.05) is 11.8 Å². The van der Waals surface area contributed by atoms with Gasteiger partial charge in [0.25, 0.3) is 5.56 Å². The predicted molar refractivity (Wildman–Crippen MR) is 61.2 cm³/mol. The van der Waals surface area contributed by atoms with Crippen molar-refractivity contribution in [2.45, 2.75) is 25.1 Å². The van der Waals surface area contributed by atoms with Crippen molar-refractivity contribution in [1.29, 1.82) is 0 Å².